The first-order valence-electron chi connectivity index (χ1n) is 9.02. The number of urea groups is 1. The number of carbonyl (C=O) groups excluding carboxylic acids is 3. The molecule has 8 nitrogen and oxygen atoms in total. The fourth-order valence-electron chi connectivity index (χ4n) is 2.45. The third-order valence-corrected chi connectivity index (χ3v) is 3.86. The summed E-state index contributed by atoms with van der Waals surface area (Å²) in [5, 5.41) is 4.64. The Hall–Kier alpha value is -2.61. The molecule has 1 aromatic rings. The van der Waals surface area contributed by atoms with Crippen molar-refractivity contribution in [3.63, 3.8) is 0 Å². The van der Waals surface area contributed by atoms with E-state index in [2.05, 4.69) is 10.6 Å². The Bertz CT molecular complexity index is 653. The van der Waals surface area contributed by atoms with Gasteiger partial charge in [-0.15, -0.1) is 0 Å². The van der Waals surface area contributed by atoms with E-state index < -0.39 is 24.0 Å². The summed E-state index contributed by atoms with van der Waals surface area (Å²) in [4.78, 5) is 35.5. The molecule has 1 heterocycles. The molecule has 0 unspecified atom stereocenters. The van der Waals surface area contributed by atoms with Gasteiger partial charge >= 0.3 is 12.0 Å². The summed E-state index contributed by atoms with van der Waals surface area (Å²) in [7, 11) is 0. The highest BCUT2D eigenvalue weighted by atomic mass is 16.5. The molecule has 1 aliphatic heterocycles. The van der Waals surface area contributed by atoms with Crippen LogP contribution in [0.25, 0.3) is 0 Å². The van der Waals surface area contributed by atoms with E-state index in [1.54, 1.807) is 38.1 Å². The number of nitrogens with one attached hydrogen (secondary N) is 2. The minimum atomic E-state index is -1.11. The van der Waals surface area contributed by atoms with Crippen LogP contribution < -0.4 is 15.4 Å². The van der Waals surface area contributed by atoms with Gasteiger partial charge in [0.2, 0.25) is 0 Å². The lowest BCUT2D eigenvalue weighted by Crippen LogP contribution is -2.46. The first-order chi connectivity index (χ1) is 12.8. The Kier molecular flexibility index (Phi) is 7.60. The zero-order valence-electron chi connectivity index (χ0n) is 15.8. The van der Waals surface area contributed by atoms with Crippen LogP contribution in [-0.4, -0.2) is 49.4 Å². The van der Waals surface area contributed by atoms with Gasteiger partial charge in [0.05, 0.1) is 11.7 Å². The highest BCUT2D eigenvalue weighted by molar-refractivity contribution is 5.98. The summed E-state index contributed by atoms with van der Waals surface area (Å²) in [5.74, 6) is -0.733. The maximum Gasteiger partial charge on any atom is 0.338 e. The lowest BCUT2D eigenvalue weighted by Gasteiger charge is -2.15. The molecule has 0 aromatic heterocycles. The molecule has 0 saturated carbocycles. The largest absolute Gasteiger partial charge is 0.491 e. The second-order valence-electron chi connectivity index (χ2n) is 6.64. The van der Waals surface area contributed by atoms with Crippen molar-refractivity contribution >= 4 is 17.9 Å². The van der Waals surface area contributed by atoms with Gasteiger partial charge in [-0.1, -0.05) is 0 Å². The Labute approximate surface area is 158 Å². The molecule has 2 rings (SSSR count). The molecule has 148 valence electrons. The molecule has 1 saturated heterocycles. The first kappa shape index (κ1) is 20.7. The average molecular weight is 378 g/mol. The maximum absolute atomic E-state index is 12.1. The Balaban J connectivity index is 1.80. The molecule has 1 aromatic carbocycles. The summed E-state index contributed by atoms with van der Waals surface area (Å²) >= 11 is 0. The van der Waals surface area contributed by atoms with Crippen molar-refractivity contribution in [2.75, 3.05) is 13.2 Å². The van der Waals surface area contributed by atoms with Gasteiger partial charge < -0.3 is 19.5 Å². The SMILES string of the molecule is CC(C)NC(=O)NC(=O)[C@H](C)OC(=O)c1ccc(OC[C@@H]2CCCO2)cc1. The number of ether oxygens (including phenoxy) is 3. The number of hydrogen-bond donors (Lipinski definition) is 2. The molecule has 2 atom stereocenters. The minimum Gasteiger partial charge on any atom is -0.491 e. The van der Waals surface area contributed by atoms with Crippen LogP contribution in [-0.2, 0) is 14.3 Å². The molecular formula is C19H26N2O6. The second kappa shape index (κ2) is 9.91. The van der Waals surface area contributed by atoms with Crippen LogP contribution in [0.4, 0.5) is 4.79 Å². The summed E-state index contributed by atoms with van der Waals surface area (Å²) in [5.41, 5.74) is 0.283. The molecular weight excluding hydrogens is 352 g/mol. The zero-order valence-corrected chi connectivity index (χ0v) is 15.8. The third kappa shape index (κ3) is 6.90. The smallest absolute Gasteiger partial charge is 0.338 e. The minimum absolute atomic E-state index is 0.113. The van der Waals surface area contributed by atoms with Crippen LogP contribution in [0.2, 0.25) is 0 Å². The molecule has 1 aliphatic rings. The van der Waals surface area contributed by atoms with Crippen LogP contribution in [0.15, 0.2) is 24.3 Å². The normalized spacial score (nSPS) is 17.3. The molecule has 8 heteroatoms. The van der Waals surface area contributed by atoms with E-state index in [4.69, 9.17) is 14.2 Å². The third-order valence-electron chi connectivity index (χ3n) is 3.86. The maximum atomic E-state index is 12.1. The fraction of sp³-hybridized carbons (Fsp3) is 0.526. The van der Waals surface area contributed by atoms with Crippen LogP contribution in [0.5, 0.6) is 5.75 Å². The van der Waals surface area contributed by atoms with Crippen molar-refractivity contribution in [1.82, 2.24) is 10.6 Å². The molecule has 3 amide bonds. The lowest BCUT2D eigenvalue weighted by atomic mass is 10.2. The second-order valence-corrected chi connectivity index (χ2v) is 6.64. The van der Waals surface area contributed by atoms with E-state index in [0.717, 1.165) is 19.4 Å². The number of benzene rings is 1. The van der Waals surface area contributed by atoms with Gasteiger partial charge in [-0.25, -0.2) is 9.59 Å². The average Bonchev–Trinajstić information content (AvgIpc) is 3.13. The quantitative estimate of drug-likeness (QED) is 0.704. The van der Waals surface area contributed by atoms with Crippen molar-refractivity contribution in [2.45, 2.75) is 51.9 Å². The van der Waals surface area contributed by atoms with Crippen molar-refractivity contribution in [3.05, 3.63) is 29.8 Å². The molecule has 0 aliphatic carbocycles. The van der Waals surface area contributed by atoms with Crippen molar-refractivity contribution in [3.8, 4) is 5.75 Å². The number of amides is 3. The fourth-order valence-corrected chi connectivity index (χ4v) is 2.45. The van der Waals surface area contributed by atoms with E-state index in [-0.39, 0.29) is 17.7 Å². The van der Waals surface area contributed by atoms with Gasteiger partial charge in [-0.3, -0.25) is 10.1 Å². The summed E-state index contributed by atoms with van der Waals surface area (Å²) in [6.07, 6.45) is 1.04. The van der Waals surface area contributed by atoms with Crippen molar-refractivity contribution in [2.24, 2.45) is 0 Å². The molecule has 0 bridgehead atoms. The van der Waals surface area contributed by atoms with Crippen LogP contribution >= 0.6 is 0 Å². The molecule has 1 fully saturated rings. The van der Waals surface area contributed by atoms with Crippen LogP contribution in [0.1, 0.15) is 44.0 Å². The van der Waals surface area contributed by atoms with E-state index in [0.29, 0.717) is 12.4 Å². The summed E-state index contributed by atoms with van der Waals surface area (Å²) in [6, 6.07) is 5.69. The van der Waals surface area contributed by atoms with Gasteiger partial charge in [0.15, 0.2) is 6.10 Å². The number of carbonyl (C=O) groups is 3. The topological polar surface area (TPSA) is 103 Å². The number of esters is 1. The van der Waals surface area contributed by atoms with E-state index in [1.165, 1.54) is 6.92 Å². The summed E-state index contributed by atoms with van der Waals surface area (Å²) in [6.45, 7) is 6.17. The van der Waals surface area contributed by atoms with Crippen molar-refractivity contribution in [1.29, 1.82) is 0 Å². The van der Waals surface area contributed by atoms with Gasteiger partial charge in [0.25, 0.3) is 5.91 Å². The van der Waals surface area contributed by atoms with Crippen molar-refractivity contribution < 1.29 is 28.6 Å². The summed E-state index contributed by atoms with van der Waals surface area (Å²) < 4.78 is 16.2. The number of imide groups is 1. The van der Waals surface area contributed by atoms with Gasteiger partial charge in [-0.05, 0) is 57.9 Å². The van der Waals surface area contributed by atoms with E-state index in [9.17, 15) is 14.4 Å². The first-order valence-corrected chi connectivity index (χ1v) is 9.02. The standard InChI is InChI=1S/C19H26N2O6/c1-12(2)20-19(24)21-17(22)13(3)27-18(23)14-6-8-15(9-7-14)26-11-16-5-4-10-25-16/h6-9,12-13,16H,4-5,10-11H2,1-3H3,(H2,20,21,22,24)/t13-,16-/m0/s1. The van der Waals surface area contributed by atoms with Crippen LogP contribution in [0.3, 0.4) is 0 Å². The van der Waals surface area contributed by atoms with Gasteiger partial charge in [-0.2, -0.15) is 0 Å². The predicted molar refractivity (Wildman–Crippen MR) is 97.6 cm³/mol. The molecule has 27 heavy (non-hydrogen) atoms. The monoisotopic (exact) mass is 378 g/mol. The number of hydrogen-bond acceptors (Lipinski definition) is 6. The lowest BCUT2D eigenvalue weighted by molar-refractivity contribution is -0.127. The van der Waals surface area contributed by atoms with Gasteiger partial charge in [0.1, 0.15) is 12.4 Å². The highest BCUT2D eigenvalue weighted by Crippen LogP contribution is 2.17. The predicted octanol–water partition coefficient (Wildman–Crippen LogP) is 2.02. The van der Waals surface area contributed by atoms with Crippen LogP contribution in [0, 0.1) is 0 Å². The zero-order chi connectivity index (χ0) is 19.8. The van der Waals surface area contributed by atoms with Gasteiger partial charge in [0, 0.05) is 12.6 Å². The Morgan fingerprint density at radius 2 is 1.89 bits per heavy atom. The van der Waals surface area contributed by atoms with E-state index >= 15 is 0 Å². The Morgan fingerprint density at radius 3 is 2.48 bits per heavy atom. The van der Waals surface area contributed by atoms with E-state index in [1.807, 2.05) is 0 Å². The highest BCUT2D eigenvalue weighted by Gasteiger charge is 2.21. The number of rotatable bonds is 7. The Morgan fingerprint density at radius 1 is 1.19 bits per heavy atom. The molecule has 0 radical (unpaired) electrons. The molecule has 0 spiro atoms. The molecule has 2 N–H and O–H groups in total.